The van der Waals surface area contributed by atoms with Crippen molar-refractivity contribution in [2.45, 2.75) is 6.18 Å². The number of furan rings is 1. The van der Waals surface area contributed by atoms with Crippen LogP contribution in [0.25, 0.3) is 33.7 Å². The van der Waals surface area contributed by atoms with Gasteiger partial charge in [0.05, 0.1) is 17.0 Å². The zero-order valence-electron chi connectivity index (χ0n) is 14.5. The molecular weight excluding hydrogens is 390 g/mol. The molecule has 0 unspecified atom stereocenters. The largest absolute Gasteiger partial charge is 0.545 e. The highest BCUT2D eigenvalue weighted by atomic mass is 19.4. The Morgan fingerprint density at radius 2 is 1.69 bits per heavy atom. The number of hydrogen-bond donors (Lipinski definition) is 0. The average Bonchev–Trinajstić information content (AvgIpc) is 3.16. The van der Waals surface area contributed by atoms with Gasteiger partial charge in [0, 0.05) is 16.5 Å². The van der Waals surface area contributed by atoms with E-state index in [1.807, 2.05) is 0 Å². The SMILES string of the molecule is O=C([O-])c1cc(-c2ccc(-c3ccccc3C(F)(F)F)o2)nc2ccc(F)cc12. The maximum Gasteiger partial charge on any atom is 0.417 e. The van der Waals surface area contributed by atoms with Crippen molar-refractivity contribution < 1.29 is 31.9 Å². The molecule has 2 aromatic heterocycles. The van der Waals surface area contributed by atoms with Crippen molar-refractivity contribution in [1.82, 2.24) is 4.98 Å². The van der Waals surface area contributed by atoms with E-state index in [9.17, 15) is 27.5 Å². The highest BCUT2D eigenvalue weighted by Gasteiger charge is 2.34. The molecule has 0 radical (unpaired) electrons. The summed E-state index contributed by atoms with van der Waals surface area (Å²) < 4.78 is 58.8. The zero-order valence-corrected chi connectivity index (χ0v) is 14.5. The number of carbonyl (C=O) groups excluding carboxylic acids is 1. The summed E-state index contributed by atoms with van der Waals surface area (Å²) in [6.45, 7) is 0. The number of carboxylic acids is 1. The van der Waals surface area contributed by atoms with Crippen molar-refractivity contribution in [2.24, 2.45) is 0 Å². The van der Waals surface area contributed by atoms with E-state index < -0.39 is 23.5 Å². The van der Waals surface area contributed by atoms with Gasteiger partial charge in [-0.05, 0) is 42.5 Å². The molecule has 2 heterocycles. The molecule has 0 aliphatic carbocycles. The predicted octanol–water partition coefficient (Wildman–Crippen LogP) is 4.68. The van der Waals surface area contributed by atoms with Crippen molar-refractivity contribution in [3.8, 4) is 22.8 Å². The minimum atomic E-state index is -4.57. The Bertz CT molecular complexity index is 1240. The number of carbonyl (C=O) groups is 1. The molecule has 0 amide bonds. The third-order valence-corrected chi connectivity index (χ3v) is 4.35. The molecule has 0 N–H and O–H groups in total. The van der Waals surface area contributed by atoms with Crippen molar-refractivity contribution >= 4 is 16.9 Å². The molecule has 0 fully saturated rings. The highest BCUT2D eigenvalue weighted by molar-refractivity contribution is 6.02. The molecular formula is C21H10F4NO3-. The summed E-state index contributed by atoms with van der Waals surface area (Å²) in [4.78, 5) is 15.7. The minimum Gasteiger partial charge on any atom is -0.545 e. The zero-order chi connectivity index (χ0) is 20.8. The third kappa shape index (κ3) is 3.44. The van der Waals surface area contributed by atoms with Crippen LogP contribution in [0.4, 0.5) is 17.6 Å². The van der Waals surface area contributed by atoms with Crippen LogP contribution in [0.1, 0.15) is 15.9 Å². The topological polar surface area (TPSA) is 66.2 Å². The van der Waals surface area contributed by atoms with Crippen molar-refractivity contribution in [1.29, 1.82) is 0 Å². The second kappa shape index (κ2) is 6.73. The highest BCUT2D eigenvalue weighted by Crippen LogP contribution is 2.38. The molecule has 0 atom stereocenters. The molecule has 8 heteroatoms. The Hall–Kier alpha value is -3.68. The normalized spacial score (nSPS) is 11.7. The van der Waals surface area contributed by atoms with Crippen molar-refractivity contribution in [3.05, 3.63) is 77.6 Å². The smallest absolute Gasteiger partial charge is 0.417 e. The predicted molar refractivity (Wildman–Crippen MR) is 94.2 cm³/mol. The first kappa shape index (κ1) is 18.7. The number of hydrogen-bond acceptors (Lipinski definition) is 4. The Kier molecular flexibility index (Phi) is 4.34. The van der Waals surface area contributed by atoms with Crippen LogP contribution in [0.3, 0.4) is 0 Å². The van der Waals surface area contributed by atoms with Gasteiger partial charge in [0.25, 0.3) is 0 Å². The fraction of sp³-hybridized carbons (Fsp3) is 0.0476. The van der Waals surface area contributed by atoms with Gasteiger partial charge in [0.2, 0.25) is 0 Å². The van der Waals surface area contributed by atoms with Gasteiger partial charge in [0.15, 0.2) is 5.76 Å². The number of aromatic nitrogens is 1. The van der Waals surface area contributed by atoms with E-state index >= 15 is 0 Å². The lowest BCUT2D eigenvalue weighted by atomic mass is 10.1. The van der Waals surface area contributed by atoms with Gasteiger partial charge < -0.3 is 14.3 Å². The molecule has 146 valence electrons. The van der Waals surface area contributed by atoms with Gasteiger partial charge in [-0.3, -0.25) is 0 Å². The van der Waals surface area contributed by atoms with E-state index in [4.69, 9.17) is 4.42 Å². The first-order valence-electron chi connectivity index (χ1n) is 8.32. The summed E-state index contributed by atoms with van der Waals surface area (Å²) in [5.74, 6) is -2.17. The second-order valence-corrected chi connectivity index (χ2v) is 6.21. The summed E-state index contributed by atoms with van der Waals surface area (Å²) >= 11 is 0. The van der Waals surface area contributed by atoms with E-state index in [-0.39, 0.29) is 39.2 Å². The fourth-order valence-corrected chi connectivity index (χ4v) is 3.06. The molecule has 0 spiro atoms. The summed E-state index contributed by atoms with van der Waals surface area (Å²) in [6.07, 6.45) is -4.57. The van der Waals surface area contributed by atoms with Gasteiger partial charge in [-0.1, -0.05) is 18.2 Å². The standard InChI is InChI=1S/C21H11F4NO3/c22-11-5-6-16-13(9-11)14(20(27)28)10-17(26-16)19-8-7-18(29-19)12-3-1-2-4-15(12)21(23,24)25/h1-10H,(H,27,28)/p-1. The monoisotopic (exact) mass is 400 g/mol. The van der Waals surface area contributed by atoms with Crippen molar-refractivity contribution in [3.63, 3.8) is 0 Å². The first-order chi connectivity index (χ1) is 13.7. The number of fused-ring (bicyclic) bond motifs is 1. The van der Waals surface area contributed by atoms with Gasteiger partial charge in [-0.25, -0.2) is 9.37 Å². The number of benzene rings is 2. The Morgan fingerprint density at radius 3 is 2.41 bits per heavy atom. The number of nitrogens with zero attached hydrogens (tertiary/aromatic N) is 1. The summed E-state index contributed by atoms with van der Waals surface area (Å²) in [5.41, 5.74) is -1.08. The molecule has 0 aliphatic heterocycles. The molecule has 4 nitrogen and oxygen atoms in total. The first-order valence-corrected chi connectivity index (χ1v) is 8.32. The number of carboxylic acid groups (broad SMARTS) is 1. The van der Waals surface area contributed by atoms with E-state index in [0.29, 0.717) is 0 Å². The van der Waals surface area contributed by atoms with Crippen molar-refractivity contribution in [2.75, 3.05) is 0 Å². The van der Waals surface area contributed by atoms with E-state index in [1.54, 1.807) is 0 Å². The molecule has 4 aromatic rings. The van der Waals surface area contributed by atoms with Gasteiger partial charge in [-0.15, -0.1) is 0 Å². The average molecular weight is 400 g/mol. The van der Waals surface area contributed by atoms with Crippen LogP contribution in [-0.4, -0.2) is 11.0 Å². The summed E-state index contributed by atoms with van der Waals surface area (Å²) in [7, 11) is 0. The van der Waals surface area contributed by atoms with E-state index in [2.05, 4.69) is 4.98 Å². The molecule has 0 bridgehead atoms. The van der Waals surface area contributed by atoms with Gasteiger partial charge in [-0.2, -0.15) is 13.2 Å². The Labute approximate surface area is 161 Å². The number of pyridine rings is 1. The van der Waals surface area contributed by atoms with Crippen LogP contribution in [0.2, 0.25) is 0 Å². The van der Waals surface area contributed by atoms with Crippen LogP contribution < -0.4 is 5.11 Å². The van der Waals surface area contributed by atoms with E-state index in [0.717, 1.165) is 24.3 Å². The van der Waals surface area contributed by atoms with Gasteiger partial charge in [0.1, 0.15) is 17.3 Å². The molecule has 0 saturated carbocycles. The second-order valence-electron chi connectivity index (χ2n) is 6.21. The quantitative estimate of drug-likeness (QED) is 0.468. The Balaban J connectivity index is 1.85. The fourth-order valence-electron chi connectivity index (χ4n) is 3.06. The molecule has 0 aliphatic rings. The maximum absolute atomic E-state index is 13.5. The van der Waals surface area contributed by atoms with Crippen LogP contribution in [0.15, 0.2) is 65.1 Å². The minimum absolute atomic E-state index is 0.0444. The van der Waals surface area contributed by atoms with Crippen LogP contribution in [0.5, 0.6) is 0 Å². The maximum atomic E-state index is 13.5. The van der Waals surface area contributed by atoms with Gasteiger partial charge >= 0.3 is 6.18 Å². The molecule has 29 heavy (non-hydrogen) atoms. The third-order valence-electron chi connectivity index (χ3n) is 4.35. The number of alkyl halides is 3. The van der Waals surface area contributed by atoms with Crippen LogP contribution in [0, 0.1) is 5.82 Å². The molecule has 4 rings (SSSR count). The number of aromatic carboxylic acids is 1. The number of rotatable bonds is 3. The van der Waals surface area contributed by atoms with Crippen LogP contribution in [-0.2, 0) is 6.18 Å². The molecule has 0 saturated heterocycles. The lowest BCUT2D eigenvalue weighted by Gasteiger charge is -2.11. The van der Waals surface area contributed by atoms with Crippen LogP contribution >= 0.6 is 0 Å². The van der Waals surface area contributed by atoms with E-state index in [1.165, 1.54) is 36.4 Å². The Morgan fingerprint density at radius 1 is 0.966 bits per heavy atom. The summed E-state index contributed by atoms with van der Waals surface area (Å²) in [5, 5.41) is 11.5. The summed E-state index contributed by atoms with van der Waals surface area (Å²) in [6, 6.07) is 12.2. The molecule has 2 aromatic carbocycles. The lowest BCUT2D eigenvalue weighted by Crippen LogP contribution is -2.22. The number of halogens is 4. The lowest BCUT2D eigenvalue weighted by molar-refractivity contribution is -0.254.